The summed E-state index contributed by atoms with van der Waals surface area (Å²) in [6, 6.07) is 2.99. The molecule has 16 heavy (non-hydrogen) atoms. The van der Waals surface area contributed by atoms with Gasteiger partial charge in [0.05, 0.1) is 24.2 Å². The van der Waals surface area contributed by atoms with Crippen LogP contribution >= 0.6 is 11.6 Å². The summed E-state index contributed by atoms with van der Waals surface area (Å²) in [7, 11) is 1.30. The number of nitrogen functional groups attached to an aromatic ring is 1. The van der Waals surface area contributed by atoms with E-state index in [9.17, 15) is 9.18 Å². The van der Waals surface area contributed by atoms with Gasteiger partial charge in [-0.3, -0.25) is 4.79 Å². The summed E-state index contributed by atoms with van der Waals surface area (Å²) in [6.07, 6.45) is 3.20. The zero-order valence-electron chi connectivity index (χ0n) is 8.67. The van der Waals surface area contributed by atoms with Crippen molar-refractivity contribution in [2.24, 2.45) is 0 Å². The maximum absolute atomic E-state index is 13.3. The average Bonchev–Trinajstić information content (AvgIpc) is 2.29. The zero-order valence-corrected chi connectivity index (χ0v) is 9.42. The molecule has 0 unspecified atom stereocenters. The number of rotatable bonds is 3. The van der Waals surface area contributed by atoms with E-state index in [4.69, 9.17) is 17.3 Å². The fourth-order valence-electron chi connectivity index (χ4n) is 1.07. The fourth-order valence-corrected chi connectivity index (χ4v) is 1.31. The summed E-state index contributed by atoms with van der Waals surface area (Å²) in [5, 5.41) is -0.0545. The number of anilines is 1. The second-order valence-corrected chi connectivity index (χ2v) is 3.43. The average molecular weight is 244 g/mol. The predicted octanol–water partition coefficient (Wildman–Crippen LogP) is 2.64. The first kappa shape index (κ1) is 12.5. The highest BCUT2D eigenvalue weighted by atomic mass is 35.5. The number of carbonyl (C=O) groups excluding carboxylic acids is 1. The minimum atomic E-state index is -0.651. The highest BCUT2D eigenvalue weighted by molar-refractivity contribution is 6.32. The summed E-state index contributed by atoms with van der Waals surface area (Å²) < 4.78 is 17.7. The summed E-state index contributed by atoms with van der Waals surface area (Å²) in [5.41, 5.74) is 5.80. The number of hydrogen-bond acceptors (Lipinski definition) is 3. The third kappa shape index (κ3) is 2.97. The Balaban J connectivity index is 2.82. The van der Waals surface area contributed by atoms with Crippen LogP contribution in [0, 0.1) is 5.82 Å². The van der Waals surface area contributed by atoms with Gasteiger partial charge in [-0.15, -0.1) is 0 Å². The van der Waals surface area contributed by atoms with Crippen molar-refractivity contribution >= 4 is 29.3 Å². The Bertz CT molecular complexity index is 432. The minimum Gasteiger partial charge on any atom is -0.469 e. The van der Waals surface area contributed by atoms with Crippen molar-refractivity contribution in [2.75, 3.05) is 12.8 Å². The molecule has 2 N–H and O–H groups in total. The molecule has 1 aromatic carbocycles. The van der Waals surface area contributed by atoms with Crippen molar-refractivity contribution in [3.05, 3.63) is 34.6 Å². The van der Waals surface area contributed by atoms with E-state index in [0.717, 1.165) is 0 Å². The summed E-state index contributed by atoms with van der Waals surface area (Å²) in [4.78, 5) is 10.8. The number of ether oxygens (including phenoxy) is 1. The predicted molar refractivity (Wildman–Crippen MR) is 61.5 cm³/mol. The molecule has 0 radical (unpaired) electrons. The number of carbonyl (C=O) groups is 1. The quantitative estimate of drug-likeness (QED) is 0.656. The van der Waals surface area contributed by atoms with E-state index >= 15 is 0 Å². The van der Waals surface area contributed by atoms with Gasteiger partial charge in [-0.05, 0) is 11.6 Å². The van der Waals surface area contributed by atoms with Crippen LogP contribution in [0.3, 0.4) is 0 Å². The lowest BCUT2D eigenvalue weighted by Crippen LogP contribution is -1.97. The molecule has 0 amide bonds. The number of esters is 1. The Kier molecular flexibility index (Phi) is 4.31. The third-order valence-electron chi connectivity index (χ3n) is 1.95. The Morgan fingerprint density at radius 2 is 2.31 bits per heavy atom. The molecule has 0 bridgehead atoms. The Morgan fingerprint density at radius 1 is 1.62 bits per heavy atom. The van der Waals surface area contributed by atoms with Crippen molar-refractivity contribution in [2.45, 2.75) is 6.42 Å². The van der Waals surface area contributed by atoms with E-state index in [1.54, 1.807) is 18.2 Å². The van der Waals surface area contributed by atoms with Gasteiger partial charge in [-0.25, -0.2) is 4.39 Å². The maximum atomic E-state index is 13.3. The van der Waals surface area contributed by atoms with Gasteiger partial charge in [-0.1, -0.05) is 29.8 Å². The SMILES string of the molecule is COC(=O)CC=Cc1ccc(N)c(F)c1Cl. The first-order valence-corrected chi connectivity index (χ1v) is 4.91. The van der Waals surface area contributed by atoms with Gasteiger partial charge < -0.3 is 10.5 Å². The Labute approximate surface area is 97.7 Å². The molecule has 5 heteroatoms. The Hall–Kier alpha value is -1.55. The van der Waals surface area contributed by atoms with Gasteiger partial charge in [0.1, 0.15) is 0 Å². The first-order chi connectivity index (χ1) is 7.56. The van der Waals surface area contributed by atoms with Crippen LogP contribution < -0.4 is 5.73 Å². The summed E-state index contributed by atoms with van der Waals surface area (Å²) in [5.74, 6) is -1.02. The van der Waals surface area contributed by atoms with Gasteiger partial charge in [0, 0.05) is 0 Å². The molecule has 0 saturated carbocycles. The number of nitrogens with two attached hydrogens (primary N) is 1. The van der Waals surface area contributed by atoms with Crippen LogP contribution in [-0.2, 0) is 9.53 Å². The summed E-state index contributed by atoms with van der Waals surface area (Å²) in [6.45, 7) is 0. The monoisotopic (exact) mass is 243 g/mol. The topological polar surface area (TPSA) is 52.3 Å². The fraction of sp³-hybridized carbons (Fsp3) is 0.182. The molecular weight excluding hydrogens is 233 g/mol. The molecule has 0 aliphatic rings. The molecule has 3 nitrogen and oxygen atoms in total. The molecule has 0 aliphatic carbocycles. The van der Waals surface area contributed by atoms with Crippen molar-refractivity contribution in [3.8, 4) is 0 Å². The van der Waals surface area contributed by atoms with Crippen LogP contribution in [-0.4, -0.2) is 13.1 Å². The van der Waals surface area contributed by atoms with E-state index in [0.29, 0.717) is 5.56 Å². The van der Waals surface area contributed by atoms with Gasteiger partial charge in [0.25, 0.3) is 0 Å². The van der Waals surface area contributed by atoms with E-state index < -0.39 is 5.82 Å². The van der Waals surface area contributed by atoms with Gasteiger partial charge >= 0.3 is 5.97 Å². The molecule has 86 valence electrons. The number of benzene rings is 1. The summed E-state index contributed by atoms with van der Waals surface area (Å²) >= 11 is 5.73. The van der Waals surface area contributed by atoms with Crippen molar-refractivity contribution in [1.29, 1.82) is 0 Å². The molecule has 1 rings (SSSR count). The maximum Gasteiger partial charge on any atom is 0.309 e. The second-order valence-electron chi connectivity index (χ2n) is 3.05. The van der Waals surface area contributed by atoms with Gasteiger partial charge in [-0.2, -0.15) is 0 Å². The van der Waals surface area contributed by atoms with Crippen molar-refractivity contribution < 1.29 is 13.9 Å². The lowest BCUT2D eigenvalue weighted by Gasteiger charge is -2.02. The van der Waals surface area contributed by atoms with E-state index in [-0.39, 0.29) is 23.1 Å². The van der Waals surface area contributed by atoms with Crippen LogP contribution in [0.5, 0.6) is 0 Å². The second kappa shape index (κ2) is 5.51. The van der Waals surface area contributed by atoms with Crippen LogP contribution in [0.1, 0.15) is 12.0 Å². The molecule has 0 atom stereocenters. The molecule has 0 aliphatic heterocycles. The molecule has 0 aromatic heterocycles. The van der Waals surface area contributed by atoms with E-state index in [1.807, 2.05) is 0 Å². The normalized spacial score (nSPS) is 10.7. The van der Waals surface area contributed by atoms with Crippen molar-refractivity contribution in [3.63, 3.8) is 0 Å². The first-order valence-electron chi connectivity index (χ1n) is 4.53. The molecular formula is C11H11ClFNO2. The van der Waals surface area contributed by atoms with Gasteiger partial charge in [0.2, 0.25) is 0 Å². The minimum absolute atomic E-state index is 0.00452. The highest BCUT2D eigenvalue weighted by Gasteiger charge is 2.07. The van der Waals surface area contributed by atoms with Crippen LogP contribution in [0.4, 0.5) is 10.1 Å². The number of methoxy groups -OCH3 is 1. The molecule has 0 saturated heterocycles. The van der Waals surface area contributed by atoms with Crippen LogP contribution in [0.2, 0.25) is 5.02 Å². The number of hydrogen-bond donors (Lipinski definition) is 1. The molecule has 0 spiro atoms. The van der Waals surface area contributed by atoms with E-state index in [1.165, 1.54) is 13.2 Å². The Morgan fingerprint density at radius 3 is 2.94 bits per heavy atom. The smallest absolute Gasteiger partial charge is 0.309 e. The molecule has 1 aromatic rings. The highest BCUT2D eigenvalue weighted by Crippen LogP contribution is 2.25. The molecule has 0 heterocycles. The van der Waals surface area contributed by atoms with Gasteiger partial charge in [0.15, 0.2) is 5.82 Å². The standard InChI is InChI=1S/C11H11ClFNO2/c1-16-9(15)4-2-3-7-5-6-8(14)11(13)10(7)12/h2-3,5-6H,4,14H2,1H3. The molecule has 0 fully saturated rings. The number of halogens is 2. The zero-order chi connectivity index (χ0) is 12.1. The lowest BCUT2D eigenvalue weighted by atomic mass is 10.1. The van der Waals surface area contributed by atoms with Crippen LogP contribution in [0.15, 0.2) is 18.2 Å². The van der Waals surface area contributed by atoms with Crippen molar-refractivity contribution in [1.82, 2.24) is 0 Å². The largest absolute Gasteiger partial charge is 0.469 e. The van der Waals surface area contributed by atoms with Crippen LogP contribution in [0.25, 0.3) is 6.08 Å². The lowest BCUT2D eigenvalue weighted by molar-refractivity contribution is -0.139. The van der Waals surface area contributed by atoms with E-state index in [2.05, 4.69) is 4.74 Å². The third-order valence-corrected chi connectivity index (χ3v) is 2.34.